The van der Waals surface area contributed by atoms with E-state index in [1.165, 1.54) is 12.8 Å². The summed E-state index contributed by atoms with van der Waals surface area (Å²) in [4.78, 5) is 6.91. The summed E-state index contributed by atoms with van der Waals surface area (Å²) in [6.45, 7) is 7.62. The zero-order valence-corrected chi connectivity index (χ0v) is 14.0. The summed E-state index contributed by atoms with van der Waals surface area (Å²) < 4.78 is 5.24. The highest BCUT2D eigenvalue weighted by atomic mass is 35.5. The fourth-order valence-corrected chi connectivity index (χ4v) is 2.87. The number of methoxy groups -OCH3 is 1. The summed E-state index contributed by atoms with van der Waals surface area (Å²) >= 11 is 6.48. The van der Waals surface area contributed by atoms with Crippen LogP contribution in [0.1, 0.15) is 32.3 Å². The number of rotatable bonds is 9. The van der Waals surface area contributed by atoms with Crippen LogP contribution >= 0.6 is 11.6 Å². The molecule has 1 aromatic rings. The molecule has 4 nitrogen and oxygen atoms in total. The minimum atomic E-state index is 0.463. The van der Waals surface area contributed by atoms with Crippen molar-refractivity contribution in [2.24, 2.45) is 5.92 Å². The Morgan fingerprint density at radius 2 is 2.29 bits per heavy atom. The largest absolute Gasteiger partial charge is 0.383 e. The number of pyridine rings is 1. The van der Waals surface area contributed by atoms with Crippen molar-refractivity contribution >= 4 is 17.4 Å². The molecule has 1 fully saturated rings. The number of hydrogen-bond donors (Lipinski definition) is 1. The van der Waals surface area contributed by atoms with E-state index in [2.05, 4.69) is 29.0 Å². The minimum absolute atomic E-state index is 0.463. The van der Waals surface area contributed by atoms with Gasteiger partial charge in [0.1, 0.15) is 5.82 Å². The summed E-state index contributed by atoms with van der Waals surface area (Å²) in [5, 5.41) is 4.02. The molecular formula is C16H26ClN3O. The molecule has 2 rings (SSSR count). The van der Waals surface area contributed by atoms with Crippen molar-refractivity contribution in [2.75, 3.05) is 31.7 Å². The monoisotopic (exact) mass is 311 g/mol. The Labute approximate surface area is 132 Å². The number of hydrogen-bond acceptors (Lipinski definition) is 4. The lowest BCUT2D eigenvalue weighted by Crippen LogP contribution is -2.38. The molecule has 21 heavy (non-hydrogen) atoms. The van der Waals surface area contributed by atoms with Gasteiger partial charge in [-0.25, -0.2) is 4.98 Å². The Hall–Kier alpha value is -0.840. The van der Waals surface area contributed by atoms with Crippen molar-refractivity contribution in [1.82, 2.24) is 10.3 Å². The lowest BCUT2D eigenvalue weighted by molar-refractivity contribution is 0.202. The third-order valence-electron chi connectivity index (χ3n) is 4.06. The van der Waals surface area contributed by atoms with Gasteiger partial charge >= 0.3 is 0 Å². The molecule has 118 valence electrons. The van der Waals surface area contributed by atoms with Crippen LogP contribution in [0.15, 0.2) is 12.3 Å². The zero-order valence-electron chi connectivity index (χ0n) is 13.2. The highest BCUT2D eigenvalue weighted by molar-refractivity contribution is 6.33. The third-order valence-corrected chi connectivity index (χ3v) is 4.34. The fourth-order valence-electron chi connectivity index (χ4n) is 2.57. The van der Waals surface area contributed by atoms with Crippen molar-refractivity contribution in [2.45, 2.75) is 39.3 Å². The van der Waals surface area contributed by atoms with Gasteiger partial charge in [0.25, 0.3) is 0 Å². The Balaban J connectivity index is 2.14. The molecule has 5 heteroatoms. The Bertz CT molecular complexity index is 451. The van der Waals surface area contributed by atoms with E-state index in [1.54, 1.807) is 7.11 Å². The lowest BCUT2D eigenvalue weighted by atomic mass is 10.1. The molecule has 0 aromatic carbocycles. The highest BCUT2D eigenvalue weighted by Crippen LogP contribution is 2.38. The number of halogens is 1. The van der Waals surface area contributed by atoms with Gasteiger partial charge in [-0.1, -0.05) is 18.5 Å². The van der Waals surface area contributed by atoms with Crippen molar-refractivity contribution in [3.05, 3.63) is 22.8 Å². The molecule has 0 bridgehead atoms. The molecule has 1 atom stereocenters. The van der Waals surface area contributed by atoms with Crippen LogP contribution in [-0.2, 0) is 11.3 Å². The van der Waals surface area contributed by atoms with Crippen LogP contribution in [0, 0.1) is 5.92 Å². The standard InChI is InChI=1S/C16H26ClN3O/c1-4-18-10-13-9-15(17)16(19-11-13)20(7-8-21-3)12(2)14-5-6-14/h9,11-12,14,18H,4-8,10H2,1-3H3. The number of nitrogens with one attached hydrogen (secondary N) is 1. The maximum absolute atomic E-state index is 6.48. The summed E-state index contributed by atoms with van der Waals surface area (Å²) in [5.41, 5.74) is 1.12. The summed E-state index contributed by atoms with van der Waals surface area (Å²) in [6.07, 6.45) is 4.53. The van der Waals surface area contributed by atoms with Crippen LogP contribution in [0.3, 0.4) is 0 Å². The maximum atomic E-state index is 6.48. The van der Waals surface area contributed by atoms with Gasteiger partial charge in [0.05, 0.1) is 11.6 Å². The van der Waals surface area contributed by atoms with Gasteiger partial charge in [-0.2, -0.15) is 0 Å². The Morgan fingerprint density at radius 1 is 1.52 bits per heavy atom. The Morgan fingerprint density at radius 3 is 2.86 bits per heavy atom. The number of aromatic nitrogens is 1. The second-order valence-electron chi connectivity index (χ2n) is 5.69. The third kappa shape index (κ3) is 4.56. The maximum Gasteiger partial charge on any atom is 0.147 e. The van der Waals surface area contributed by atoms with Crippen LogP contribution in [0.4, 0.5) is 5.82 Å². The van der Waals surface area contributed by atoms with Crippen molar-refractivity contribution in [1.29, 1.82) is 0 Å². The van der Waals surface area contributed by atoms with E-state index in [1.807, 2.05) is 12.3 Å². The molecule has 1 saturated carbocycles. The lowest BCUT2D eigenvalue weighted by Gasteiger charge is -2.31. The number of nitrogens with zero attached hydrogens (tertiary/aromatic N) is 2. The molecule has 1 N–H and O–H groups in total. The van der Waals surface area contributed by atoms with E-state index >= 15 is 0 Å². The van der Waals surface area contributed by atoms with Crippen molar-refractivity contribution in [3.8, 4) is 0 Å². The van der Waals surface area contributed by atoms with E-state index in [-0.39, 0.29) is 0 Å². The smallest absolute Gasteiger partial charge is 0.147 e. The molecular weight excluding hydrogens is 286 g/mol. The second kappa shape index (κ2) is 7.97. The number of anilines is 1. The van der Waals surface area contributed by atoms with Crippen LogP contribution in [-0.4, -0.2) is 37.8 Å². The van der Waals surface area contributed by atoms with Crippen LogP contribution in [0.2, 0.25) is 5.02 Å². The topological polar surface area (TPSA) is 37.4 Å². The van der Waals surface area contributed by atoms with E-state index in [0.717, 1.165) is 42.0 Å². The first-order valence-electron chi connectivity index (χ1n) is 7.78. The SMILES string of the molecule is CCNCc1cnc(N(CCOC)C(C)C2CC2)c(Cl)c1. The van der Waals surface area contributed by atoms with Crippen LogP contribution in [0.25, 0.3) is 0 Å². The predicted molar refractivity (Wildman–Crippen MR) is 88.0 cm³/mol. The number of ether oxygens (including phenoxy) is 1. The molecule has 0 radical (unpaired) electrons. The second-order valence-corrected chi connectivity index (χ2v) is 6.10. The first-order valence-corrected chi connectivity index (χ1v) is 8.15. The van der Waals surface area contributed by atoms with Gasteiger partial charge in [0.2, 0.25) is 0 Å². The van der Waals surface area contributed by atoms with Gasteiger partial charge in [0, 0.05) is 32.4 Å². The normalized spacial score (nSPS) is 16.0. The first-order chi connectivity index (χ1) is 10.2. The minimum Gasteiger partial charge on any atom is -0.383 e. The van der Waals surface area contributed by atoms with Gasteiger partial charge < -0.3 is 15.0 Å². The van der Waals surface area contributed by atoms with Crippen molar-refractivity contribution in [3.63, 3.8) is 0 Å². The molecule has 1 unspecified atom stereocenters. The molecule has 0 aliphatic heterocycles. The van der Waals surface area contributed by atoms with E-state index in [4.69, 9.17) is 16.3 Å². The quantitative estimate of drug-likeness (QED) is 0.760. The molecule has 1 aromatic heterocycles. The predicted octanol–water partition coefficient (Wildman–Crippen LogP) is 3.10. The molecule has 1 aliphatic rings. The molecule has 1 aliphatic carbocycles. The van der Waals surface area contributed by atoms with E-state index in [0.29, 0.717) is 12.6 Å². The highest BCUT2D eigenvalue weighted by Gasteiger charge is 2.33. The molecule has 1 heterocycles. The first kappa shape index (κ1) is 16.5. The summed E-state index contributed by atoms with van der Waals surface area (Å²) in [5.74, 6) is 1.65. The molecule has 0 saturated heterocycles. The zero-order chi connectivity index (χ0) is 15.2. The van der Waals surface area contributed by atoms with Crippen LogP contribution in [0.5, 0.6) is 0 Å². The average Bonchev–Trinajstić information content (AvgIpc) is 3.31. The summed E-state index contributed by atoms with van der Waals surface area (Å²) in [6, 6.07) is 2.48. The van der Waals surface area contributed by atoms with Gasteiger partial charge in [-0.05, 0) is 43.9 Å². The van der Waals surface area contributed by atoms with Crippen LogP contribution < -0.4 is 10.2 Å². The average molecular weight is 312 g/mol. The van der Waals surface area contributed by atoms with Crippen molar-refractivity contribution < 1.29 is 4.74 Å². The Kier molecular flexibility index (Phi) is 6.27. The van der Waals surface area contributed by atoms with Gasteiger partial charge in [0.15, 0.2) is 0 Å². The molecule has 0 amide bonds. The van der Waals surface area contributed by atoms with Gasteiger partial charge in [-0.3, -0.25) is 0 Å². The van der Waals surface area contributed by atoms with E-state index in [9.17, 15) is 0 Å². The van der Waals surface area contributed by atoms with Gasteiger partial charge in [-0.15, -0.1) is 0 Å². The molecule has 0 spiro atoms. The fraction of sp³-hybridized carbons (Fsp3) is 0.688. The van der Waals surface area contributed by atoms with E-state index < -0.39 is 0 Å². The summed E-state index contributed by atoms with van der Waals surface area (Å²) in [7, 11) is 1.73.